The van der Waals surface area contributed by atoms with E-state index in [2.05, 4.69) is 9.88 Å². The summed E-state index contributed by atoms with van der Waals surface area (Å²) in [5, 5.41) is 9.31. The first-order valence-corrected chi connectivity index (χ1v) is 7.68. The smallest absolute Gasteiger partial charge is 0.254 e. The van der Waals surface area contributed by atoms with Crippen LogP contribution in [0.25, 0.3) is 0 Å². The lowest BCUT2D eigenvalue weighted by molar-refractivity contribution is 0.0827. The highest BCUT2D eigenvalue weighted by atomic mass is 16.3. The normalized spacial score (nSPS) is 15.8. The Kier molecular flexibility index (Phi) is 5.56. The highest BCUT2D eigenvalue weighted by molar-refractivity contribution is 5.93. The lowest BCUT2D eigenvalue weighted by atomic mass is 9.94. The summed E-state index contributed by atoms with van der Waals surface area (Å²) in [5.74, 6) is 0.812. The minimum atomic E-state index is -0.0413. The van der Waals surface area contributed by atoms with Crippen LogP contribution in [0, 0.1) is 0 Å². The van der Waals surface area contributed by atoms with Crippen LogP contribution >= 0.6 is 0 Å². The highest BCUT2D eigenvalue weighted by Gasteiger charge is 2.22. The van der Waals surface area contributed by atoms with Crippen molar-refractivity contribution in [2.24, 2.45) is 0 Å². The van der Waals surface area contributed by atoms with Gasteiger partial charge in [-0.15, -0.1) is 0 Å². The van der Waals surface area contributed by atoms with Gasteiger partial charge in [0.1, 0.15) is 5.82 Å². The maximum atomic E-state index is 11.9. The second-order valence-corrected chi connectivity index (χ2v) is 5.81. The van der Waals surface area contributed by atoms with Gasteiger partial charge in [-0.25, -0.2) is 4.98 Å². The van der Waals surface area contributed by atoms with E-state index in [4.69, 9.17) is 0 Å². The Bertz CT molecular complexity index is 453. The third-order valence-electron chi connectivity index (χ3n) is 4.05. The lowest BCUT2D eigenvalue weighted by Gasteiger charge is -2.35. The van der Waals surface area contributed by atoms with Crippen LogP contribution < -0.4 is 4.90 Å². The Hall–Kier alpha value is -1.62. The van der Waals surface area contributed by atoms with Gasteiger partial charge < -0.3 is 14.9 Å². The number of pyridine rings is 1. The van der Waals surface area contributed by atoms with Crippen molar-refractivity contribution in [2.75, 3.05) is 32.1 Å². The molecule has 1 fully saturated rings. The van der Waals surface area contributed by atoms with Crippen molar-refractivity contribution in [3.8, 4) is 0 Å². The van der Waals surface area contributed by atoms with Crippen LogP contribution in [0.3, 0.4) is 0 Å². The summed E-state index contributed by atoms with van der Waals surface area (Å²) in [4.78, 5) is 20.1. The fourth-order valence-corrected chi connectivity index (χ4v) is 2.93. The average Bonchev–Trinajstić information content (AvgIpc) is 2.53. The molecule has 0 aliphatic heterocycles. The van der Waals surface area contributed by atoms with E-state index >= 15 is 0 Å². The summed E-state index contributed by atoms with van der Waals surface area (Å²) in [6, 6.07) is 4.16. The molecule has 1 N–H and O–H groups in total. The first-order valence-electron chi connectivity index (χ1n) is 7.68. The molecule has 0 unspecified atom stereocenters. The van der Waals surface area contributed by atoms with Gasteiger partial charge in [-0.2, -0.15) is 0 Å². The van der Waals surface area contributed by atoms with Gasteiger partial charge in [0.25, 0.3) is 5.91 Å². The summed E-state index contributed by atoms with van der Waals surface area (Å²) >= 11 is 0. The van der Waals surface area contributed by atoms with E-state index in [9.17, 15) is 9.90 Å². The number of anilines is 1. The molecule has 0 atom stereocenters. The SMILES string of the molecule is CN(C)C(=O)c1ccc(N(CCO)C2CCCCC2)nc1. The summed E-state index contributed by atoms with van der Waals surface area (Å²) in [6.07, 6.45) is 7.71. The van der Waals surface area contributed by atoms with Crippen molar-refractivity contribution >= 4 is 11.7 Å². The largest absolute Gasteiger partial charge is 0.395 e. The molecule has 0 radical (unpaired) electrons. The number of nitrogens with zero attached hydrogens (tertiary/aromatic N) is 3. The number of hydrogen-bond donors (Lipinski definition) is 1. The Morgan fingerprint density at radius 3 is 2.52 bits per heavy atom. The van der Waals surface area contributed by atoms with Gasteiger partial charge >= 0.3 is 0 Å². The predicted molar refractivity (Wildman–Crippen MR) is 83.6 cm³/mol. The van der Waals surface area contributed by atoms with E-state index in [1.54, 1.807) is 25.2 Å². The molecule has 5 nitrogen and oxygen atoms in total. The standard InChI is InChI=1S/C16H25N3O2/c1-18(2)16(21)13-8-9-15(17-12-13)19(10-11-20)14-6-4-3-5-7-14/h8-9,12,14,20H,3-7,10-11H2,1-2H3. The Balaban J connectivity index is 2.14. The molecule has 1 amide bonds. The van der Waals surface area contributed by atoms with Crippen molar-refractivity contribution in [3.05, 3.63) is 23.9 Å². The molecule has 1 saturated carbocycles. The Morgan fingerprint density at radius 2 is 2.00 bits per heavy atom. The Labute approximate surface area is 126 Å². The monoisotopic (exact) mass is 291 g/mol. The second-order valence-electron chi connectivity index (χ2n) is 5.81. The van der Waals surface area contributed by atoms with Crippen LogP contribution in [-0.4, -0.2) is 54.2 Å². The zero-order chi connectivity index (χ0) is 15.2. The lowest BCUT2D eigenvalue weighted by Crippen LogP contribution is -2.39. The third-order valence-corrected chi connectivity index (χ3v) is 4.05. The van der Waals surface area contributed by atoms with Gasteiger partial charge in [0.2, 0.25) is 0 Å². The number of hydrogen-bond acceptors (Lipinski definition) is 4. The van der Waals surface area contributed by atoms with Crippen LogP contribution in [0.5, 0.6) is 0 Å². The topological polar surface area (TPSA) is 56.7 Å². The zero-order valence-corrected chi connectivity index (χ0v) is 13.0. The summed E-state index contributed by atoms with van der Waals surface area (Å²) in [7, 11) is 3.46. The van der Waals surface area contributed by atoms with Gasteiger partial charge in [0, 0.05) is 32.9 Å². The molecule has 0 aromatic carbocycles. The maximum Gasteiger partial charge on any atom is 0.254 e. The first-order chi connectivity index (χ1) is 10.1. The third kappa shape index (κ3) is 3.94. The molecule has 0 saturated heterocycles. The zero-order valence-electron chi connectivity index (χ0n) is 13.0. The van der Waals surface area contributed by atoms with Crippen molar-refractivity contribution in [3.63, 3.8) is 0 Å². The fraction of sp³-hybridized carbons (Fsp3) is 0.625. The van der Waals surface area contributed by atoms with Crippen molar-refractivity contribution < 1.29 is 9.90 Å². The number of aliphatic hydroxyl groups is 1. The fourth-order valence-electron chi connectivity index (χ4n) is 2.93. The van der Waals surface area contributed by atoms with Gasteiger partial charge in [0.05, 0.1) is 12.2 Å². The van der Waals surface area contributed by atoms with E-state index in [1.807, 2.05) is 12.1 Å². The first kappa shape index (κ1) is 15.8. The van der Waals surface area contributed by atoms with Gasteiger partial charge in [-0.05, 0) is 25.0 Å². The molecule has 1 heterocycles. The van der Waals surface area contributed by atoms with E-state index in [1.165, 1.54) is 19.3 Å². The van der Waals surface area contributed by atoms with Crippen molar-refractivity contribution in [1.82, 2.24) is 9.88 Å². The predicted octanol–water partition coefficient (Wildman–Crippen LogP) is 1.91. The second kappa shape index (κ2) is 7.41. The molecule has 21 heavy (non-hydrogen) atoms. The molecule has 5 heteroatoms. The molecule has 2 rings (SSSR count). The minimum absolute atomic E-state index is 0.0413. The molecular weight excluding hydrogens is 266 g/mol. The molecule has 116 valence electrons. The van der Waals surface area contributed by atoms with Crippen LogP contribution in [-0.2, 0) is 0 Å². The summed E-state index contributed by atoms with van der Waals surface area (Å²) < 4.78 is 0. The maximum absolute atomic E-state index is 11.9. The quantitative estimate of drug-likeness (QED) is 0.900. The van der Waals surface area contributed by atoms with Crippen LogP contribution in [0.4, 0.5) is 5.82 Å². The number of carbonyl (C=O) groups excluding carboxylic acids is 1. The van der Waals surface area contributed by atoms with E-state index in [0.29, 0.717) is 18.2 Å². The molecule has 1 aromatic rings. The number of aromatic nitrogens is 1. The highest BCUT2D eigenvalue weighted by Crippen LogP contribution is 2.26. The molecule has 0 spiro atoms. The molecule has 0 bridgehead atoms. The number of amides is 1. The van der Waals surface area contributed by atoms with Crippen LogP contribution in [0.1, 0.15) is 42.5 Å². The van der Waals surface area contributed by atoms with Crippen LogP contribution in [0.15, 0.2) is 18.3 Å². The van der Waals surface area contributed by atoms with E-state index < -0.39 is 0 Å². The number of carbonyl (C=O) groups is 1. The average molecular weight is 291 g/mol. The van der Waals surface area contributed by atoms with Crippen molar-refractivity contribution in [2.45, 2.75) is 38.1 Å². The van der Waals surface area contributed by atoms with Crippen molar-refractivity contribution in [1.29, 1.82) is 0 Å². The summed E-state index contributed by atoms with van der Waals surface area (Å²) in [5.41, 5.74) is 0.594. The molecule has 1 aliphatic carbocycles. The minimum Gasteiger partial charge on any atom is -0.395 e. The Morgan fingerprint density at radius 1 is 1.29 bits per heavy atom. The molecular formula is C16H25N3O2. The molecule has 1 aliphatic rings. The van der Waals surface area contributed by atoms with Crippen LogP contribution in [0.2, 0.25) is 0 Å². The molecule has 1 aromatic heterocycles. The van der Waals surface area contributed by atoms with Gasteiger partial charge in [-0.3, -0.25) is 4.79 Å². The van der Waals surface area contributed by atoms with Gasteiger partial charge in [0.15, 0.2) is 0 Å². The number of rotatable bonds is 5. The number of aliphatic hydroxyl groups excluding tert-OH is 1. The summed E-state index contributed by atoms with van der Waals surface area (Å²) in [6.45, 7) is 0.717. The van der Waals surface area contributed by atoms with Gasteiger partial charge in [-0.1, -0.05) is 19.3 Å². The van der Waals surface area contributed by atoms with E-state index in [-0.39, 0.29) is 12.5 Å². The van der Waals surface area contributed by atoms with E-state index in [0.717, 1.165) is 18.7 Å².